The van der Waals surface area contributed by atoms with Crippen molar-refractivity contribution >= 4 is 11.8 Å². The molecule has 0 atom stereocenters. The molecule has 2 aromatic carbocycles. The summed E-state index contributed by atoms with van der Waals surface area (Å²) in [6, 6.07) is 7.18. The van der Waals surface area contributed by atoms with Crippen molar-refractivity contribution in [2.75, 3.05) is 39.9 Å². The molecule has 1 saturated heterocycles. The van der Waals surface area contributed by atoms with Crippen molar-refractivity contribution in [1.29, 1.82) is 0 Å². The molecule has 1 heterocycles. The molecule has 0 unspecified atom stereocenters. The van der Waals surface area contributed by atoms with Gasteiger partial charge < -0.3 is 19.3 Å². The van der Waals surface area contributed by atoms with Crippen LogP contribution in [0.5, 0.6) is 11.5 Å². The van der Waals surface area contributed by atoms with Gasteiger partial charge in [0.2, 0.25) is 5.91 Å². The van der Waals surface area contributed by atoms with E-state index in [1.54, 1.807) is 12.0 Å². The van der Waals surface area contributed by atoms with Gasteiger partial charge in [-0.05, 0) is 43.2 Å². The fourth-order valence-electron chi connectivity index (χ4n) is 3.57. The zero-order valence-corrected chi connectivity index (χ0v) is 18.0. The number of methoxy groups -OCH3 is 1. The van der Waals surface area contributed by atoms with E-state index in [-0.39, 0.29) is 38.5 Å². The van der Waals surface area contributed by atoms with Crippen molar-refractivity contribution in [3.63, 3.8) is 0 Å². The maximum atomic E-state index is 13.9. The predicted octanol–water partition coefficient (Wildman–Crippen LogP) is 3.43. The number of nitrogens with zero attached hydrogens (tertiary/aromatic N) is 2. The third-order valence-corrected chi connectivity index (χ3v) is 5.34. The Hall–Kier alpha value is -3.23. The van der Waals surface area contributed by atoms with Crippen LogP contribution in [0.3, 0.4) is 0 Å². The minimum absolute atomic E-state index is 0.0658. The number of halogens is 3. The Morgan fingerprint density at radius 1 is 0.938 bits per heavy atom. The van der Waals surface area contributed by atoms with E-state index >= 15 is 0 Å². The second kappa shape index (κ2) is 10.4. The average Bonchev–Trinajstić information content (AvgIpc) is 2.81. The first kappa shape index (κ1) is 23.4. The average molecular weight is 450 g/mol. The van der Waals surface area contributed by atoms with E-state index in [1.165, 1.54) is 4.90 Å². The lowest BCUT2D eigenvalue weighted by molar-refractivity contribution is -0.132. The molecule has 0 saturated carbocycles. The number of benzene rings is 2. The van der Waals surface area contributed by atoms with Gasteiger partial charge in [-0.25, -0.2) is 13.2 Å². The van der Waals surface area contributed by atoms with Crippen molar-refractivity contribution in [1.82, 2.24) is 9.80 Å². The van der Waals surface area contributed by atoms with Gasteiger partial charge in [-0.3, -0.25) is 9.59 Å². The molecule has 32 heavy (non-hydrogen) atoms. The summed E-state index contributed by atoms with van der Waals surface area (Å²) in [6.07, 6.45) is 0.795. The molecule has 3 rings (SSSR count). The first-order chi connectivity index (χ1) is 15.3. The minimum Gasteiger partial charge on any atom is -0.493 e. The number of carbonyl (C=O) groups is 2. The largest absolute Gasteiger partial charge is 0.493 e. The standard InChI is InChI=1S/C23H25F3N2O4/c1-3-32-18-8-4-15(14-19(18)31-2)5-9-20(29)27-10-12-28(13-11-27)23(30)16-6-7-17(24)22(26)21(16)25/h4,6-8,14H,3,5,9-13H2,1-2H3. The number of hydrogen-bond acceptors (Lipinski definition) is 4. The van der Waals surface area contributed by atoms with Crippen LogP contribution in [-0.2, 0) is 11.2 Å². The molecule has 1 aliphatic rings. The summed E-state index contributed by atoms with van der Waals surface area (Å²) < 4.78 is 51.3. The van der Waals surface area contributed by atoms with Gasteiger partial charge in [0.15, 0.2) is 29.0 Å². The number of rotatable bonds is 7. The van der Waals surface area contributed by atoms with Gasteiger partial charge >= 0.3 is 0 Å². The van der Waals surface area contributed by atoms with E-state index < -0.39 is 28.9 Å². The van der Waals surface area contributed by atoms with Crippen LogP contribution in [0.2, 0.25) is 0 Å². The van der Waals surface area contributed by atoms with Crippen molar-refractivity contribution in [3.05, 3.63) is 58.9 Å². The highest BCUT2D eigenvalue weighted by molar-refractivity contribution is 5.94. The van der Waals surface area contributed by atoms with E-state index in [4.69, 9.17) is 9.47 Å². The quantitative estimate of drug-likeness (QED) is 0.607. The zero-order valence-electron chi connectivity index (χ0n) is 18.0. The van der Waals surface area contributed by atoms with Crippen LogP contribution in [0.25, 0.3) is 0 Å². The molecule has 2 aromatic rings. The molecule has 2 amide bonds. The van der Waals surface area contributed by atoms with Gasteiger partial charge in [0.25, 0.3) is 5.91 Å². The summed E-state index contributed by atoms with van der Waals surface area (Å²) in [4.78, 5) is 28.0. The Balaban J connectivity index is 1.53. The number of carbonyl (C=O) groups excluding carboxylic acids is 2. The highest BCUT2D eigenvalue weighted by atomic mass is 19.2. The molecule has 0 aromatic heterocycles. The van der Waals surface area contributed by atoms with Crippen molar-refractivity contribution < 1.29 is 32.2 Å². The fraction of sp³-hybridized carbons (Fsp3) is 0.391. The normalized spacial score (nSPS) is 13.8. The van der Waals surface area contributed by atoms with Crippen LogP contribution in [-0.4, -0.2) is 61.5 Å². The third-order valence-electron chi connectivity index (χ3n) is 5.34. The molecule has 1 fully saturated rings. The molecule has 6 nitrogen and oxygen atoms in total. The van der Waals surface area contributed by atoms with Gasteiger partial charge in [-0.1, -0.05) is 6.07 Å². The van der Waals surface area contributed by atoms with Crippen LogP contribution < -0.4 is 9.47 Å². The minimum atomic E-state index is -1.67. The number of amides is 2. The van der Waals surface area contributed by atoms with E-state index in [1.807, 2.05) is 25.1 Å². The maximum absolute atomic E-state index is 13.9. The monoisotopic (exact) mass is 450 g/mol. The van der Waals surface area contributed by atoms with Gasteiger partial charge in [0.05, 0.1) is 19.3 Å². The van der Waals surface area contributed by atoms with E-state index in [0.29, 0.717) is 24.5 Å². The second-order valence-corrected chi connectivity index (χ2v) is 7.31. The Morgan fingerprint density at radius 2 is 1.62 bits per heavy atom. The van der Waals surface area contributed by atoms with Crippen molar-refractivity contribution in [2.45, 2.75) is 19.8 Å². The molecule has 0 aliphatic carbocycles. The first-order valence-corrected chi connectivity index (χ1v) is 10.4. The summed E-state index contributed by atoms with van der Waals surface area (Å²) in [5.41, 5.74) is 0.411. The lowest BCUT2D eigenvalue weighted by atomic mass is 10.1. The zero-order chi connectivity index (χ0) is 23.3. The number of hydrogen-bond donors (Lipinski definition) is 0. The van der Waals surface area contributed by atoms with Gasteiger partial charge in [-0.15, -0.1) is 0 Å². The van der Waals surface area contributed by atoms with E-state index in [0.717, 1.165) is 17.7 Å². The lowest BCUT2D eigenvalue weighted by Crippen LogP contribution is -2.50. The topological polar surface area (TPSA) is 59.1 Å². The van der Waals surface area contributed by atoms with Crippen LogP contribution in [0.1, 0.15) is 29.3 Å². The molecular formula is C23H25F3N2O4. The van der Waals surface area contributed by atoms with Gasteiger partial charge in [0.1, 0.15) is 0 Å². The fourth-order valence-corrected chi connectivity index (χ4v) is 3.57. The molecule has 9 heteroatoms. The smallest absolute Gasteiger partial charge is 0.257 e. The molecule has 0 bridgehead atoms. The summed E-state index contributed by atoms with van der Waals surface area (Å²) in [5, 5.41) is 0. The van der Waals surface area contributed by atoms with Gasteiger partial charge in [0, 0.05) is 32.6 Å². The molecule has 0 N–H and O–H groups in total. The Labute approximate surface area is 184 Å². The molecule has 0 radical (unpaired) electrons. The van der Waals surface area contributed by atoms with Crippen LogP contribution in [0, 0.1) is 17.5 Å². The first-order valence-electron chi connectivity index (χ1n) is 10.4. The highest BCUT2D eigenvalue weighted by Gasteiger charge is 2.27. The second-order valence-electron chi connectivity index (χ2n) is 7.31. The van der Waals surface area contributed by atoms with Crippen LogP contribution in [0.4, 0.5) is 13.2 Å². The molecule has 172 valence electrons. The SMILES string of the molecule is CCOc1ccc(CCC(=O)N2CCN(C(=O)c3ccc(F)c(F)c3F)CC2)cc1OC. The van der Waals surface area contributed by atoms with E-state index in [9.17, 15) is 22.8 Å². The van der Waals surface area contributed by atoms with Crippen molar-refractivity contribution in [3.8, 4) is 11.5 Å². The summed E-state index contributed by atoms with van der Waals surface area (Å²) in [7, 11) is 1.56. The highest BCUT2D eigenvalue weighted by Crippen LogP contribution is 2.28. The van der Waals surface area contributed by atoms with Crippen LogP contribution >= 0.6 is 0 Å². The number of ether oxygens (including phenoxy) is 2. The summed E-state index contributed by atoms with van der Waals surface area (Å²) in [6.45, 7) is 3.32. The lowest BCUT2D eigenvalue weighted by Gasteiger charge is -2.35. The predicted molar refractivity (Wildman–Crippen MR) is 111 cm³/mol. The van der Waals surface area contributed by atoms with Gasteiger partial charge in [-0.2, -0.15) is 0 Å². The Kier molecular flexibility index (Phi) is 7.61. The Morgan fingerprint density at radius 3 is 2.28 bits per heavy atom. The van der Waals surface area contributed by atoms with Crippen LogP contribution in [0.15, 0.2) is 30.3 Å². The summed E-state index contributed by atoms with van der Waals surface area (Å²) >= 11 is 0. The third kappa shape index (κ3) is 5.15. The maximum Gasteiger partial charge on any atom is 0.257 e. The molecule has 1 aliphatic heterocycles. The molecular weight excluding hydrogens is 425 g/mol. The number of aryl methyl sites for hydroxylation is 1. The molecule has 0 spiro atoms. The van der Waals surface area contributed by atoms with Crippen molar-refractivity contribution in [2.24, 2.45) is 0 Å². The van der Waals surface area contributed by atoms with E-state index in [2.05, 4.69) is 0 Å². The Bertz CT molecular complexity index is 991. The summed E-state index contributed by atoms with van der Waals surface area (Å²) in [5.74, 6) is -4.06. The number of piperazine rings is 1.